The Bertz CT molecular complexity index is 954. The van der Waals surface area contributed by atoms with Crippen molar-refractivity contribution in [2.24, 2.45) is 0 Å². The number of benzene rings is 3. The number of hydrogen-bond donors (Lipinski definition) is 0. The lowest BCUT2D eigenvalue weighted by atomic mass is 9.97. The van der Waals surface area contributed by atoms with Gasteiger partial charge in [-0.15, -0.1) is 0 Å². The van der Waals surface area contributed by atoms with Gasteiger partial charge in [-0.25, -0.2) is 4.98 Å². The van der Waals surface area contributed by atoms with Gasteiger partial charge in [0.1, 0.15) is 0 Å². The van der Waals surface area contributed by atoms with E-state index in [4.69, 9.17) is 4.98 Å². The van der Waals surface area contributed by atoms with Crippen LogP contribution >= 0.6 is 0 Å². The van der Waals surface area contributed by atoms with Crippen molar-refractivity contribution in [3.63, 3.8) is 0 Å². The largest absolute Gasteiger partial charge is 0.247 e. The molecule has 0 saturated carbocycles. The van der Waals surface area contributed by atoms with Gasteiger partial charge in [0, 0.05) is 16.3 Å². The number of para-hydroxylation sites is 2. The standard InChI is InChI=1S/C20H15N/c1-14-7-2-4-10-17(14)18-11-6-9-16-13-15-8-3-5-12-19(15)21-20(16)18/h2-13H,1H3. The molecule has 4 aromatic rings. The molecular weight excluding hydrogens is 254 g/mol. The lowest BCUT2D eigenvalue weighted by molar-refractivity contribution is 1.44. The number of nitrogens with zero attached hydrogens (tertiary/aromatic N) is 1. The molecule has 4 rings (SSSR count). The molecule has 0 N–H and O–H groups in total. The summed E-state index contributed by atoms with van der Waals surface area (Å²) in [5, 5.41) is 2.38. The van der Waals surface area contributed by atoms with Crippen LogP contribution in [0.25, 0.3) is 32.9 Å². The Morgan fingerprint density at radius 1 is 0.667 bits per heavy atom. The summed E-state index contributed by atoms with van der Waals surface area (Å²) in [5.41, 5.74) is 5.86. The first kappa shape index (κ1) is 12.1. The molecule has 100 valence electrons. The summed E-state index contributed by atoms with van der Waals surface area (Å²) in [6, 6.07) is 25.4. The number of hydrogen-bond acceptors (Lipinski definition) is 1. The molecule has 0 aliphatic carbocycles. The van der Waals surface area contributed by atoms with E-state index in [-0.39, 0.29) is 0 Å². The van der Waals surface area contributed by atoms with Crippen LogP contribution in [0.1, 0.15) is 5.56 Å². The number of pyridine rings is 1. The maximum Gasteiger partial charge on any atom is 0.0788 e. The molecule has 1 nitrogen and oxygen atoms in total. The molecule has 1 heteroatoms. The Labute approximate surface area is 123 Å². The molecule has 0 unspecified atom stereocenters. The first-order valence-corrected chi connectivity index (χ1v) is 7.17. The van der Waals surface area contributed by atoms with Gasteiger partial charge < -0.3 is 0 Å². The minimum atomic E-state index is 1.05. The summed E-state index contributed by atoms with van der Waals surface area (Å²) in [6.45, 7) is 2.15. The van der Waals surface area contributed by atoms with Gasteiger partial charge in [-0.3, -0.25) is 0 Å². The van der Waals surface area contributed by atoms with E-state index in [1.54, 1.807) is 0 Å². The number of rotatable bonds is 1. The normalized spacial score (nSPS) is 11.1. The summed E-state index contributed by atoms with van der Waals surface area (Å²) in [5.74, 6) is 0. The molecule has 3 aromatic carbocycles. The highest BCUT2D eigenvalue weighted by atomic mass is 14.7. The van der Waals surface area contributed by atoms with Gasteiger partial charge in [0.2, 0.25) is 0 Å². The molecule has 0 radical (unpaired) electrons. The minimum Gasteiger partial charge on any atom is -0.247 e. The monoisotopic (exact) mass is 269 g/mol. The Morgan fingerprint density at radius 2 is 1.38 bits per heavy atom. The second-order valence-corrected chi connectivity index (χ2v) is 5.37. The third kappa shape index (κ3) is 1.98. The van der Waals surface area contributed by atoms with Crippen LogP contribution in [0.4, 0.5) is 0 Å². The van der Waals surface area contributed by atoms with Crippen LogP contribution in [0.5, 0.6) is 0 Å². The van der Waals surface area contributed by atoms with Crippen LogP contribution < -0.4 is 0 Å². The highest BCUT2D eigenvalue weighted by Gasteiger charge is 2.08. The third-order valence-electron chi connectivity index (χ3n) is 3.98. The van der Waals surface area contributed by atoms with E-state index in [9.17, 15) is 0 Å². The zero-order valence-electron chi connectivity index (χ0n) is 11.9. The van der Waals surface area contributed by atoms with Gasteiger partial charge in [0.25, 0.3) is 0 Å². The van der Waals surface area contributed by atoms with Crippen LogP contribution in [-0.2, 0) is 0 Å². The lowest BCUT2D eigenvalue weighted by Gasteiger charge is -2.10. The third-order valence-corrected chi connectivity index (χ3v) is 3.98. The van der Waals surface area contributed by atoms with Crippen LogP contribution in [-0.4, -0.2) is 4.98 Å². The first-order valence-electron chi connectivity index (χ1n) is 7.17. The van der Waals surface area contributed by atoms with Crippen molar-refractivity contribution in [2.45, 2.75) is 6.92 Å². The van der Waals surface area contributed by atoms with E-state index >= 15 is 0 Å². The zero-order valence-corrected chi connectivity index (χ0v) is 11.9. The molecular formula is C20H15N. The average Bonchev–Trinajstić information content (AvgIpc) is 2.53. The molecule has 0 spiro atoms. The maximum atomic E-state index is 4.90. The van der Waals surface area contributed by atoms with Crippen LogP contribution in [0.15, 0.2) is 72.8 Å². The highest BCUT2D eigenvalue weighted by molar-refractivity contribution is 6.00. The van der Waals surface area contributed by atoms with E-state index < -0.39 is 0 Å². The van der Waals surface area contributed by atoms with Crippen molar-refractivity contribution in [3.8, 4) is 11.1 Å². The van der Waals surface area contributed by atoms with Gasteiger partial charge in [-0.1, -0.05) is 60.7 Å². The Morgan fingerprint density at radius 3 is 2.29 bits per heavy atom. The van der Waals surface area contributed by atoms with E-state index in [0.29, 0.717) is 0 Å². The predicted molar refractivity (Wildman–Crippen MR) is 89.4 cm³/mol. The Hall–Kier alpha value is -2.67. The van der Waals surface area contributed by atoms with Gasteiger partial charge in [0.05, 0.1) is 11.0 Å². The average molecular weight is 269 g/mol. The van der Waals surface area contributed by atoms with Gasteiger partial charge >= 0.3 is 0 Å². The van der Waals surface area contributed by atoms with Crippen molar-refractivity contribution in [2.75, 3.05) is 0 Å². The van der Waals surface area contributed by atoms with Gasteiger partial charge in [-0.05, 0) is 30.2 Å². The molecule has 21 heavy (non-hydrogen) atoms. The summed E-state index contributed by atoms with van der Waals surface area (Å²) in [6.07, 6.45) is 0. The van der Waals surface area contributed by atoms with Crippen molar-refractivity contribution in [3.05, 3.63) is 78.4 Å². The maximum absolute atomic E-state index is 4.90. The number of aromatic nitrogens is 1. The van der Waals surface area contributed by atoms with E-state index in [0.717, 1.165) is 11.0 Å². The van der Waals surface area contributed by atoms with Gasteiger partial charge in [0.15, 0.2) is 0 Å². The van der Waals surface area contributed by atoms with E-state index in [1.807, 2.05) is 6.07 Å². The van der Waals surface area contributed by atoms with Crippen molar-refractivity contribution in [1.82, 2.24) is 4.98 Å². The van der Waals surface area contributed by atoms with Crippen molar-refractivity contribution in [1.29, 1.82) is 0 Å². The highest BCUT2D eigenvalue weighted by Crippen LogP contribution is 2.31. The SMILES string of the molecule is Cc1ccccc1-c1cccc2cc3ccccc3nc12. The second kappa shape index (κ2) is 4.71. The molecule has 0 aliphatic heterocycles. The Balaban J connectivity index is 2.10. The summed E-state index contributed by atoms with van der Waals surface area (Å²) >= 11 is 0. The lowest BCUT2D eigenvalue weighted by Crippen LogP contribution is -1.88. The van der Waals surface area contributed by atoms with Crippen LogP contribution in [0.3, 0.4) is 0 Å². The summed E-state index contributed by atoms with van der Waals surface area (Å²) in [4.78, 5) is 4.90. The first-order chi connectivity index (χ1) is 10.3. The van der Waals surface area contributed by atoms with Gasteiger partial charge in [-0.2, -0.15) is 0 Å². The van der Waals surface area contributed by atoms with E-state index in [2.05, 4.69) is 73.7 Å². The number of fused-ring (bicyclic) bond motifs is 2. The minimum absolute atomic E-state index is 1.05. The zero-order chi connectivity index (χ0) is 14.2. The predicted octanol–water partition coefficient (Wildman–Crippen LogP) is 5.36. The smallest absolute Gasteiger partial charge is 0.0788 e. The quantitative estimate of drug-likeness (QED) is 0.424. The van der Waals surface area contributed by atoms with Crippen molar-refractivity contribution >= 4 is 21.8 Å². The van der Waals surface area contributed by atoms with E-state index in [1.165, 1.54) is 27.5 Å². The molecule has 0 fully saturated rings. The second-order valence-electron chi connectivity index (χ2n) is 5.37. The topological polar surface area (TPSA) is 12.9 Å². The summed E-state index contributed by atoms with van der Waals surface area (Å²) in [7, 11) is 0. The molecule has 1 aromatic heterocycles. The van der Waals surface area contributed by atoms with Crippen molar-refractivity contribution < 1.29 is 0 Å². The molecule has 1 heterocycles. The molecule has 0 atom stereocenters. The fourth-order valence-electron chi connectivity index (χ4n) is 2.89. The Kier molecular flexibility index (Phi) is 2.71. The molecule has 0 aliphatic rings. The molecule has 0 amide bonds. The molecule has 0 bridgehead atoms. The number of aryl methyl sites for hydroxylation is 1. The summed E-state index contributed by atoms with van der Waals surface area (Å²) < 4.78 is 0. The van der Waals surface area contributed by atoms with Crippen LogP contribution in [0.2, 0.25) is 0 Å². The fraction of sp³-hybridized carbons (Fsp3) is 0.0500. The molecule has 0 saturated heterocycles. The fourth-order valence-corrected chi connectivity index (χ4v) is 2.89. The van der Waals surface area contributed by atoms with Crippen LogP contribution in [0, 0.1) is 6.92 Å².